The van der Waals surface area contributed by atoms with Crippen molar-refractivity contribution in [2.45, 2.75) is 209 Å². The van der Waals surface area contributed by atoms with Crippen molar-refractivity contribution in [3.05, 3.63) is 239 Å². The molecule has 0 saturated heterocycles. The average Bonchev–Trinajstić information content (AvgIpc) is 0.692. The summed E-state index contributed by atoms with van der Waals surface area (Å²) in [6.07, 6.45) is 0. The summed E-state index contributed by atoms with van der Waals surface area (Å²) in [5.41, 5.74) is 28.8. The number of anilines is 6. The second-order valence-electron chi connectivity index (χ2n) is 37.4. The molecule has 2 aliphatic rings. The summed E-state index contributed by atoms with van der Waals surface area (Å²) in [6, 6.07) is 74.3. The molecule has 0 aliphatic carbocycles. The molecular weight excluding hydrogens is 1240 g/mol. The standard InChI is InChI=1S/C94H104BN7/c1-87(2,3)57-44-49-74-66(51-57)67-52-58(88(4,5)6)45-50-75(67)100(74)61-46-48-69-77(56-61)102(86-64(72-37-29-41-82(98-72)93(19,20)21)33-26-34-65(86)73-38-30-42-83(99-73)94(22,23)24)79-55-60(90(10,11)12)54-78-84(79)95(69)68-47-43-59(89(7,8)9)53-76(68)101(78)85-62(70-35-27-39-80(96-70)91(13,14)15)31-25-32-63(85)71-36-28-40-81(97-71)92(16,17)18/h25-56H,1-24H3. The number of pyridine rings is 4. The predicted molar refractivity (Wildman–Crippen MR) is 437 cm³/mol. The highest BCUT2D eigenvalue weighted by Crippen LogP contribution is 2.55. The topological polar surface area (TPSA) is 63.0 Å². The number of hydrogen-bond acceptors (Lipinski definition) is 6. The molecule has 0 amide bonds. The normalized spacial score (nSPS) is 13.8. The van der Waals surface area contributed by atoms with Crippen LogP contribution in [0.25, 0.3) is 72.5 Å². The van der Waals surface area contributed by atoms with Crippen molar-refractivity contribution in [1.82, 2.24) is 24.5 Å². The van der Waals surface area contributed by atoms with Gasteiger partial charge in [-0.2, -0.15) is 0 Å². The first-order valence-electron chi connectivity index (χ1n) is 37.0. The van der Waals surface area contributed by atoms with E-state index in [-0.39, 0.29) is 50.0 Å². The molecule has 518 valence electrons. The minimum Gasteiger partial charge on any atom is -0.310 e. The minimum absolute atomic E-state index is 0.0616. The van der Waals surface area contributed by atoms with Crippen LogP contribution in [0, 0.1) is 0 Å². The van der Waals surface area contributed by atoms with Crippen molar-refractivity contribution < 1.29 is 0 Å². The number of benzene rings is 7. The van der Waals surface area contributed by atoms with Gasteiger partial charge in [-0.05, 0) is 163 Å². The van der Waals surface area contributed by atoms with Crippen LogP contribution in [0.5, 0.6) is 0 Å². The van der Waals surface area contributed by atoms with E-state index < -0.39 is 0 Å². The molecule has 0 atom stereocenters. The molecule has 8 heteroatoms. The quantitative estimate of drug-likeness (QED) is 0.148. The van der Waals surface area contributed by atoms with Gasteiger partial charge >= 0.3 is 0 Å². The number of nitrogens with zero attached hydrogens (tertiary/aromatic N) is 7. The number of aromatic nitrogens is 5. The molecule has 0 saturated carbocycles. The van der Waals surface area contributed by atoms with Crippen LogP contribution in [0.3, 0.4) is 0 Å². The lowest BCUT2D eigenvalue weighted by Gasteiger charge is -2.46. The van der Waals surface area contributed by atoms with E-state index in [9.17, 15) is 0 Å². The molecule has 0 fully saturated rings. The van der Waals surface area contributed by atoms with E-state index in [4.69, 9.17) is 19.9 Å². The van der Waals surface area contributed by atoms with Crippen molar-refractivity contribution in [3.63, 3.8) is 0 Å². The van der Waals surface area contributed by atoms with Crippen molar-refractivity contribution >= 4 is 79.0 Å². The highest BCUT2D eigenvalue weighted by molar-refractivity contribution is 7.00. The summed E-state index contributed by atoms with van der Waals surface area (Å²) < 4.78 is 2.54. The monoisotopic (exact) mass is 1340 g/mol. The van der Waals surface area contributed by atoms with Gasteiger partial charge in [-0.25, -0.2) is 0 Å². The summed E-state index contributed by atoms with van der Waals surface area (Å²) >= 11 is 0. The Morgan fingerprint density at radius 1 is 0.265 bits per heavy atom. The van der Waals surface area contributed by atoms with Crippen molar-refractivity contribution in [2.24, 2.45) is 0 Å². The third-order valence-electron chi connectivity index (χ3n) is 21.2. The van der Waals surface area contributed by atoms with Crippen LogP contribution >= 0.6 is 0 Å². The van der Waals surface area contributed by atoms with Crippen LogP contribution in [0.4, 0.5) is 34.1 Å². The van der Waals surface area contributed by atoms with Crippen LogP contribution in [0.15, 0.2) is 194 Å². The second-order valence-corrected chi connectivity index (χ2v) is 37.4. The van der Waals surface area contributed by atoms with Gasteiger partial charge in [0.2, 0.25) is 0 Å². The van der Waals surface area contributed by atoms with Crippen molar-refractivity contribution in [1.29, 1.82) is 0 Å². The largest absolute Gasteiger partial charge is 0.310 e. The third-order valence-corrected chi connectivity index (χ3v) is 21.2. The lowest BCUT2D eigenvalue weighted by Crippen LogP contribution is -2.61. The first-order valence-corrected chi connectivity index (χ1v) is 37.0. The van der Waals surface area contributed by atoms with Gasteiger partial charge in [-0.3, -0.25) is 19.9 Å². The maximum absolute atomic E-state index is 5.72. The molecular formula is C94H104BN7. The SMILES string of the molecule is CC(C)(C)c1ccc2c(c1)N(c1c(-c3cccc(C(C)(C)C)n3)cccc1-c1cccc(C(C)(C)C)n1)c1cc(C(C)(C)C)cc3c1B2c1ccc(-n2c4ccc(C(C)(C)C)cc4c4cc(C(C)(C)C)ccc42)cc1N3c1c(-c2cccc(C(C)(C)C)n2)cccc1-c1cccc(C(C)(C)C)n1. The fourth-order valence-electron chi connectivity index (χ4n) is 15.1. The van der Waals surface area contributed by atoms with Crippen LogP contribution in [0.2, 0.25) is 0 Å². The Bertz CT molecular complexity index is 5110. The molecule has 0 radical (unpaired) electrons. The predicted octanol–water partition coefficient (Wildman–Crippen LogP) is 23.5. The Kier molecular flexibility index (Phi) is 16.5. The van der Waals surface area contributed by atoms with E-state index in [1.165, 1.54) is 60.4 Å². The molecule has 0 N–H and O–H groups in total. The highest BCUT2D eigenvalue weighted by Gasteiger charge is 2.47. The minimum atomic E-state index is -0.351. The number of rotatable bonds is 7. The summed E-state index contributed by atoms with van der Waals surface area (Å²) in [5, 5.41) is 2.50. The molecule has 7 heterocycles. The van der Waals surface area contributed by atoms with Gasteiger partial charge in [0, 0.05) is 106 Å². The Hall–Kier alpha value is -9.40. The van der Waals surface area contributed by atoms with Gasteiger partial charge in [0.15, 0.2) is 0 Å². The van der Waals surface area contributed by atoms with Gasteiger partial charge in [-0.1, -0.05) is 257 Å². The highest BCUT2D eigenvalue weighted by atomic mass is 15.2. The fourth-order valence-corrected chi connectivity index (χ4v) is 15.1. The lowest BCUT2D eigenvalue weighted by molar-refractivity contribution is 0.569. The number of fused-ring (bicyclic) bond motifs is 7. The van der Waals surface area contributed by atoms with Gasteiger partial charge in [0.05, 0.1) is 45.2 Å². The third kappa shape index (κ3) is 12.4. The van der Waals surface area contributed by atoms with Crippen LogP contribution in [-0.4, -0.2) is 31.2 Å². The first kappa shape index (κ1) is 69.7. The first-order chi connectivity index (χ1) is 47.6. The molecule has 12 aromatic rings. The molecule has 14 rings (SSSR count). The summed E-state index contributed by atoms with van der Waals surface area (Å²) in [4.78, 5) is 28.1. The molecule has 102 heavy (non-hydrogen) atoms. The summed E-state index contributed by atoms with van der Waals surface area (Å²) in [6.45, 7) is 55.0. The molecule has 5 aromatic heterocycles. The smallest absolute Gasteiger partial charge is 0.252 e. The van der Waals surface area contributed by atoms with Crippen molar-refractivity contribution in [2.75, 3.05) is 9.80 Å². The summed E-state index contributed by atoms with van der Waals surface area (Å²) in [5.74, 6) is 0. The van der Waals surface area contributed by atoms with E-state index in [0.717, 1.165) is 108 Å². The Labute approximate surface area is 609 Å². The average molecular weight is 1340 g/mol. The molecule has 0 unspecified atom stereocenters. The second kappa shape index (κ2) is 24.1. The summed E-state index contributed by atoms with van der Waals surface area (Å²) in [7, 11) is 0. The fraction of sp³-hybridized carbons (Fsp3) is 0.340. The van der Waals surface area contributed by atoms with E-state index in [0.29, 0.717) is 0 Å². The van der Waals surface area contributed by atoms with E-state index in [1.807, 2.05) is 0 Å². The lowest BCUT2D eigenvalue weighted by atomic mass is 9.33. The van der Waals surface area contributed by atoms with Gasteiger partial charge in [0.1, 0.15) is 0 Å². The zero-order valence-corrected chi connectivity index (χ0v) is 65.2. The van der Waals surface area contributed by atoms with Gasteiger partial charge in [0.25, 0.3) is 6.71 Å². The van der Waals surface area contributed by atoms with E-state index in [2.05, 4.69) is 375 Å². The molecule has 2 aliphatic heterocycles. The van der Waals surface area contributed by atoms with Crippen LogP contribution in [0.1, 0.15) is 211 Å². The van der Waals surface area contributed by atoms with Gasteiger partial charge in [-0.15, -0.1) is 0 Å². The van der Waals surface area contributed by atoms with E-state index >= 15 is 0 Å². The van der Waals surface area contributed by atoms with Crippen LogP contribution in [-0.2, 0) is 43.3 Å². The van der Waals surface area contributed by atoms with Gasteiger partial charge < -0.3 is 14.4 Å². The maximum atomic E-state index is 5.72. The molecule has 7 aromatic carbocycles. The molecule has 7 nitrogen and oxygen atoms in total. The van der Waals surface area contributed by atoms with Crippen molar-refractivity contribution in [3.8, 4) is 50.7 Å². The van der Waals surface area contributed by atoms with E-state index in [1.54, 1.807) is 0 Å². The number of hydrogen-bond donors (Lipinski definition) is 0. The zero-order chi connectivity index (χ0) is 73.1. The Balaban J connectivity index is 1.19. The Morgan fingerprint density at radius 3 is 0.892 bits per heavy atom. The molecule has 0 spiro atoms. The Morgan fingerprint density at radius 2 is 0.559 bits per heavy atom. The molecule has 0 bridgehead atoms. The maximum Gasteiger partial charge on any atom is 0.252 e. The van der Waals surface area contributed by atoms with Crippen LogP contribution < -0.4 is 26.2 Å². The zero-order valence-electron chi connectivity index (χ0n) is 65.2. The number of para-hydroxylation sites is 2.